The van der Waals surface area contributed by atoms with Crippen molar-refractivity contribution in [3.05, 3.63) is 17.5 Å². The Hall–Kier alpha value is -1.44. The summed E-state index contributed by atoms with van der Waals surface area (Å²) in [6, 6.07) is 0. The van der Waals surface area contributed by atoms with Gasteiger partial charge in [0.1, 0.15) is 6.10 Å². The lowest BCUT2D eigenvalue weighted by Crippen LogP contribution is -2.23. The minimum absolute atomic E-state index is 0.121. The second-order valence-corrected chi connectivity index (χ2v) is 3.65. The van der Waals surface area contributed by atoms with E-state index in [0.29, 0.717) is 0 Å². The molecule has 0 aliphatic heterocycles. The first-order valence-corrected chi connectivity index (χ1v) is 5.19. The molecule has 0 saturated carbocycles. The van der Waals surface area contributed by atoms with Gasteiger partial charge in [-0.15, -0.1) is 0 Å². The third-order valence-electron chi connectivity index (χ3n) is 2.49. The number of carbonyl (C=O) groups excluding carboxylic acids is 1. The second kappa shape index (κ2) is 5.76. The van der Waals surface area contributed by atoms with Crippen molar-refractivity contribution in [2.24, 2.45) is 12.8 Å². The summed E-state index contributed by atoms with van der Waals surface area (Å²) < 4.78 is 5.88. The van der Waals surface area contributed by atoms with Gasteiger partial charge in [-0.3, -0.25) is 4.68 Å². The fourth-order valence-corrected chi connectivity index (χ4v) is 1.55. The molecule has 0 fully saturated rings. The second-order valence-electron chi connectivity index (χ2n) is 3.65. The number of nitrogens with zero attached hydrogens (tertiary/aromatic N) is 2. The summed E-state index contributed by atoms with van der Waals surface area (Å²) in [5, 5.41) is 23.4. The normalized spacial score (nSPS) is 14.4. The van der Waals surface area contributed by atoms with Gasteiger partial charge in [-0.1, -0.05) is 0 Å². The molecule has 0 radical (unpaired) electrons. The zero-order chi connectivity index (χ0) is 13.0. The number of aliphatic hydroxyl groups is 2. The van der Waals surface area contributed by atoms with Crippen LogP contribution in [0.3, 0.4) is 0 Å². The lowest BCUT2D eigenvalue weighted by atomic mass is 10.0. The summed E-state index contributed by atoms with van der Waals surface area (Å²) >= 11 is 0. The molecule has 7 heteroatoms. The Labute approximate surface area is 98.8 Å². The molecule has 0 amide bonds. The molecule has 7 nitrogen and oxygen atoms in total. The zero-order valence-corrected chi connectivity index (χ0v) is 9.83. The van der Waals surface area contributed by atoms with Crippen LogP contribution in [0.5, 0.6) is 0 Å². The van der Waals surface area contributed by atoms with Gasteiger partial charge >= 0.3 is 5.97 Å². The van der Waals surface area contributed by atoms with E-state index in [1.165, 1.54) is 18.0 Å². The number of aromatic nitrogens is 2. The minimum Gasteiger partial charge on any atom is -0.464 e. The number of aliphatic hydroxyl groups excluding tert-OH is 2. The van der Waals surface area contributed by atoms with Gasteiger partial charge in [0, 0.05) is 12.6 Å². The maximum atomic E-state index is 11.5. The fourth-order valence-electron chi connectivity index (χ4n) is 1.55. The van der Waals surface area contributed by atoms with Crippen LogP contribution in [0.1, 0.15) is 28.6 Å². The number of methoxy groups -OCH3 is 1. The van der Waals surface area contributed by atoms with Crippen molar-refractivity contribution in [1.29, 1.82) is 0 Å². The van der Waals surface area contributed by atoms with E-state index in [0.717, 1.165) is 0 Å². The molecule has 1 heterocycles. The molecule has 4 N–H and O–H groups in total. The van der Waals surface area contributed by atoms with E-state index in [-0.39, 0.29) is 24.2 Å². The summed E-state index contributed by atoms with van der Waals surface area (Å²) in [6.45, 7) is 0.242. The number of ether oxygens (including phenoxy) is 1. The van der Waals surface area contributed by atoms with Gasteiger partial charge in [0.25, 0.3) is 0 Å². The Morgan fingerprint density at radius 2 is 2.29 bits per heavy atom. The standard InChI is InChI=1S/C10H17N3O4/c1-13-8(10(16)17-2)6(5-12-13)9(15)7(14)3-4-11/h5,7,9,14-15H,3-4,11H2,1-2H3. The zero-order valence-electron chi connectivity index (χ0n) is 9.83. The highest BCUT2D eigenvalue weighted by Crippen LogP contribution is 2.22. The van der Waals surface area contributed by atoms with Crippen LogP contribution in [0.2, 0.25) is 0 Å². The summed E-state index contributed by atoms with van der Waals surface area (Å²) in [5.74, 6) is -0.612. The monoisotopic (exact) mass is 243 g/mol. The van der Waals surface area contributed by atoms with Crippen LogP contribution in [0.15, 0.2) is 6.20 Å². The van der Waals surface area contributed by atoms with Crippen LogP contribution < -0.4 is 5.73 Å². The molecule has 0 saturated heterocycles. The third kappa shape index (κ3) is 2.82. The number of carbonyl (C=O) groups is 1. The van der Waals surface area contributed by atoms with E-state index < -0.39 is 18.2 Å². The fraction of sp³-hybridized carbons (Fsp3) is 0.600. The molecular weight excluding hydrogens is 226 g/mol. The van der Waals surface area contributed by atoms with E-state index in [9.17, 15) is 15.0 Å². The Morgan fingerprint density at radius 1 is 1.65 bits per heavy atom. The molecule has 0 spiro atoms. The topological polar surface area (TPSA) is 111 Å². The smallest absolute Gasteiger partial charge is 0.356 e. The Balaban J connectivity index is 3.01. The molecule has 1 aromatic rings. The largest absolute Gasteiger partial charge is 0.464 e. The van der Waals surface area contributed by atoms with Crippen molar-refractivity contribution < 1.29 is 19.7 Å². The van der Waals surface area contributed by atoms with Crippen LogP contribution >= 0.6 is 0 Å². The van der Waals surface area contributed by atoms with E-state index in [1.54, 1.807) is 7.05 Å². The number of hydrogen-bond acceptors (Lipinski definition) is 6. The van der Waals surface area contributed by atoms with Crippen LogP contribution in [-0.2, 0) is 11.8 Å². The van der Waals surface area contributed by atoms with Gasteiger partial charge in [0.2, 0.25) is 0 Å². The SMILES string of the molecule is COC(=O)c1c(C(O)C(O)CCN)cnn1C. The van der Waals surface area contributed by atoms with E-state index in [1.807, 2.05) is 0 Å². The highest BCUT2D eigenvalue weighted by Gasteiger charge is 2.27. The van der Waals surface area contributed by atoms with Crippen molar-refractivity contribution in [3.63, 3.8) is 0 Å². The van der Waals surface area contributed by atoms with Gasteiger partial charge in [0.05, 0.1) is 19.4 Å². The van der Waals surface area contributed by atoms with Gasteiger partial charge in [-0.25, -0.2) is 4.79 Å². The van der Waals surface area contributed by atoms with Crippen molar-refractivity contribution in [2.75, 3.05) is 13.7 Å². The number of hydrogen-bond donors (Lipinski definition) is 3. The molecular formula is C10H17N3O4. The summed E-state index contributed by atoms with van der Waals surface area (Å²) in [6.07, 6.45) is -0.679. The average molecular weight is 243 g/mol. The molecule has 17 heavy (non-hydrogen) atoms. The number of aryl methyl sites for hydroxylation is 1. The molecule has 2 unspecified atom stereocenters. The molecule has 0 aliphatic rings. The molecule has 0 bridgehead atoms. The number of nitrogens with two attached hydrogens (primary N) is 1. The van der Waals surface area contributed by atoms with Gasteiger partial charge in [0.15, 0.2) is 5.69 Å². The van der Waals surface area contributed by atoms with Crippen molar-refractivity contribution in [2.45, 2.75) is 18.6 Å². The molecule has 96 valence electrons. The minimum atomic E-state index is -1.21. The van der Waals surface area contributed by atoms with Crippen molar-refractivity contribution in [1.82, 2.24) is 9.78 Å². The van der Waals surface area contributed by atoms with Gasteiger partial charge < -0.3 is 20.7 Å². The molecule has 1 rings (SSSR count). The summed E-state index contributed by atoms with van der Waals surface area (Å²) in [5.41, 5.74) is 5.65. The van der Waals surface area contributed by atoms with Gasteiger partial charge in [-0.2, -0.15) is 5.10 Å². The van der Waals surface area contributed by atoms with E-state index in [2.05, 4.69) is 9.84 Å². The van der Waals surface area contributed by atoms with Crippen LogP contribution in [0.4, 0.5) is 0 Å². The maximum absolute atomic E-state index is 11.5. The molecule has 1 aromatic heterocycles. The highest BCUT2D eigenvalue weighted by molar-refractivity contribution is 5.89. The maximum Gasteiger partial charge on any atom is 0.356 e. The molecule has 0 aromatic carbocycles. The van der Waals surface area contributed by atoms with E-state index in [4.69, 9.17) is 5.73 Å². The number of esters is 1. The van der Waals surface area contributed by atoms with Crippen LogP contribution in [0.25, 0.3) is 0 Å². The first kappa shape index (κ1) is 13.6. The average Bonchev–Trinajstić information content (AvgIpc) is 2.69. The quantitative estimate of drug-likeness (QED) is 0.569. The molecule has 2 atom stereocenters. The predicted molar refractivity (Wildman–Crippen MR) is 59.2 cm³/mol. The Morgan fingerprint density at radius 3 is 2.82 bits per heavy atom. The summed E-state index contributed by atoms with van der Waals surface area (Å²) in [7, 11) is 2.79. The first-order valence-electron chi connectivity index (χ1n) is 5.19. The van der Waals surface area contributed by atoms with Crippen LogP contribution in [-0.4, -0.2) is 45.7 Å². The van der Waals surface area contributed by atoms with Crippen molar-refractivity contribution >= 4 is 5.97 Å². The summed E-state index contributed by atoms with van der Waals surface area (Å²) in [4.78, 5) is 11.5. The van der Waals surface area contributed by atoms with Crippen molar-refractivity contribution in [3.8, 4) is 0 Å². The third-order valence-corrected chi connectivity index (χ3v) is 2.49. The predicted octanol–water partition coefficient (Wildman–Crippen LogP) is -1.05. The van der Waals surface area contributed by atoms with E-state index >= 15 is 0 Å². The van der Waals surface area contributed by atoms with Crippen LogP contribution in [0, 0.1) is 0 Å². The lowest BCUT2D eigenvalue weighted by Gasteiger charge is -2.16. The Bertz CT molecular complexity index is 391. The molecule has 0 aliphatic carbocycles. The number of rotatable bonds is 5. The highest BCUT2D eigenvalue weighted by atomic mass is 16.5. The first-order chi connectivity index (χ1) is 8.02. The van der Waals surface area contributed by atoms with Gasteiger partial charge in [-0.05, 0) is 13.0 Å². The lowest BCUT2D eigenvalue weighted by molar-refractivity contribution is 0.0137. The Kier molecular flexibility index (Phi) is 4.62.